The lowest BCUT2D eigenvalue weighted by molar-refractivity contribution is -0.113. The minimum atomic E-state index is -3.17. The molecule has 3 aliphatic rings. The number of ketones is 1. The van der Waals surface area contributed by atoms with E-state index in [0.29, 0.717) is 37.6 Å². The number of hydrogen-bond acceptors (Lipinski definition) is 7. The van der Waals surface area contributed by atoms with Crippen molar-refractivity contribution in [2.45, 2.75) is 18.9 Å². The number of likely N-dealkylation sites (tertiary alicyclic amines) is 1. The highest BCUT2D eigenvalue weighted by molar-refractivity contribution is 7.88. The Morgan fingerprint density at radius 3 is 2.87 bits per heavy atom. The molecule has 30 heavy (non-hydrogen) atoms. The van der Waals surface area contributed by atoms with Crippen LogP contribution >= 0.6 is 11.6 Å². The van der Waals surface area contributed by atoms with Gasteiger partial charge in [-0.2, -0.15) is 4.31 Å². The van der Waals surface area contributed by atoms with Gasteiger partial charge in [0.2, 0.25) is 15.9 Å². The zero-order valence-corrected chi connectivity index (χ0v) is 18.2. The maximum Gasteiger partial charge on any atom is 0.214 e. The van der Waals surface area contributed by atoms with Gasteiger partial charge >= 0.3 is 0 Å². The predicted molar refractivity (Wildman–Crippen MR) is 115 cm³/mol. The van der Waals surface area contributed by atoms with E-state index in [0.717, 1.165) is 24.1 Å². The minimum absolute atomic E-state index is 0.0730. The van der Waals surface area contributed by atoms with Gasteiger partial charge in [-0.15, -0.1) is 0 Å². The van der Waals surface area contributed by atoms with E-state index in [-0.39, 0.29) is 23.5 Å². The number of ether oxygens (including phenoxy) is 1. The Bertz CT molecular complexity index is 1050. The summed E-state index contributed by atoms with van der Waals surface area (Å²) in [5.74, 6) is 0.363. The van der Waals surface area contributed by atoms with Crippen LogP contribution in [0.5, 0.6) is 5.88 Å². The summed E-state index contributed by atoms with van der Waals surface area (Å²) in [6, 6.07) is 3.80. The molecule has 0 spiro atoms. The van der Waals surface area contributed by atoms with Gasteiger partial charge in [-0.25, -0.2) is 13.4 Å². The van der Waals surface area contributed by atoms with Crippen LogP contribution in [0.4, 0.5) is 0 Å². The summed E-state index contributed by atoms with van der Waals surface area (Å²) in [7, 11) is -3.17. The number of pyridine rings is 1. The molecule has 4 rings (SSSR count). The summed E-state index contributed by atoms with van der Waals surface area (Å²) >= 11 is 6.16. The molecule has 160 valence electrons. The number of nitrogens with zero attached hydrogens (tertiary/aromatic N) is 4. The zero-order chi connectivity index (χ0) is 21.3. The smallest absolute Gasteiger partial charge is 0.214 e. The molecule has 1 aromatic rings. The molecule has 8 nitrogen and oxygen atoms in total. The Kier molecular flexibility index (Phi) is 5.95. The molecule has 0 radical (unpaired) electrons. The number of allylic oxidation sites excluding steroid dienone is 1. The molecular weight excluding hydrogens is 428 g/mol. The molecule has 0 saturated carbocycles. The minimum Gasteiger partial charge on any atom is -0.472 e. The fraction of sp³-hybridized carbons (Fsp3) is 0.450. The molecular formula is C20H23ClN4O4S. The molecule has 3 aliphatic heterocycles. The number of halogens is 1. The summed E-state index contributed by atoms with van der Waals surface area (Å²) in [6.07, 6.45) is 7.88. The maximum atomic E-state index is 11.8. The SMILES string of the molecule is CS(=O)(=O)N1CC=C(c2ccnc(O[C@@H]3CCN(C4=C(Cl)C(=O)CN=C4)C3)c2)CC1. The van der Waals surface area contributed by atoms with Gasteiger partial charge in [0, 0.05) is 44.5 Å². The second-order valence-corrected chi connectivity index (χ2v) is 9.91. The quantitative estimate of drug-likeness (QED) is 0.677. The average Bonchev–Trinajstić information content (AvgIpc) is 3.18. The largest absolute Gasteiger partial charge is 0.472 e. The maximum absolute atomic E-state index is 11.8. The fourth-order valence-corrected chi connectivity index (χ4v) is 4.80. The number of carbonyl (C=O) groups is 1. The van der Waals surface area contributed by atoms with E-state index in [1.165, 1.54) is 10.6 Å². The Morgan fingerprint density at radius 2 is 2.13 bits per heavy atom. The number of rotatable bonds is 5. The average molecular weight is 451 g/mol. The van der Waals surface area contributed by atoms with Crippen LogP contribution in [0.25, 0.3) is 5.57 Å². The molecule has 0 aromatic carbocycles. The number of hydrogen-bond donors (Lipinski definition) is 0. The van der Waals surface area contributed by atoms with E-state index in [1.54, 1.807) is 12.4 Å². The molecule has 1 atom stereocenters. The molecule has 0 amide bonds. The van der Waals surface area contributed by atoms with E-state index in [1.807, 2.05) is 23.1 Å². The van der Waals surface area contributed by atoms with Crippen LogP contribution in [-0.2, 0) is 14.8 Å². The zero-order valence-electron chi connectivity index (χ0n) is 16.6. The highest BCUT2D eigenvalue weighted by atomic mass is 35.5. The van der Waals surface area contributed by atoms with E-state index in [4.69, 9.17) is 16.3 Å². The van der Waals surface area contributed by atoms with Crippen LogP contribution in [-0.4, -0.2) is 79.7 Å². The second kappa shape index (κ2) is 8.49. The second-order valence-electron chi connectivity index (χ2n) is 7.55. The number of aromatic nitrogens is 1. The third-order valence-corrected chi connectivity index (χ3v) is 7.11. The molecule has 0 aliphatic carbocycles. The van der Waals surface area contributed by atoms with Gasteiger partial charge in [-0.05, 0) is 23.6 Å². The lowest BCUT2D eigenvalue weighted by Gasteiger charge is -2.24. The number of dihydropyridines is 1. The molecule has 0 unspecified atom stereocenters. The Balaban J connectivity index is 1.41. The van der Waals surface area contributed by atoms with Crippen molar-refractivity contribution in [3.63, 3.8) is 0 Å². The molecule has 0 bridgehead atoms. The molecule has 10 heteroatoms. The first kappa shape index (κ1) is 21.0. The van der Waals surface area contributed by atoms with Crippen molar-refractivity contribution in [3.05, 3.63) is 40.7 Å². The van der Waals surface area contributed by atoms with Crippen molar-refractivity contribution in [2.24, 2.45) is 4.99 Å². The normalized spacial score (nSPS) is 23.1. The van der Waals surface area contributed by atoms with Crippen LogP contribution in [0.3, 0.4) is 0 Å². The molecule has 1 saturated heterocycles. The Labute approximate surface area is 180 Å². The van der Waals surface area contributed by atoms with Crippen molar-refractivity contribution in [2.75, 3.05) is 39.0 Å². The summed E-state index contributed by atoms with van der Waals surface area (Å²) in [5.41, 5.74) is 2.73. The first-order chi connectivity index (χ1) is 14.3. The van der Waals surface area contributed by atoms with Gasteiger partial charge < -0.3 is 9.64 Å². The highest BCUT2D eigenvalue weighted by Gasteiger charge is 2.29. The fourth-order valence-electron chi connectivity index (χ4n) is 3.81. The molecule has 1 aromatic heterocycles. The predicted octanol–water partition coefficient (Wildman–Crippen LogP) is 1.69. The van der Waals surface area contributed by atoms with Crippen LogP contribution in [0.1, 0.15) is 18.4 Å². The lowest BCUT2D eigenvalue weighted by Crippen LogP contribution is -2.33. The molecule has 4 heterocycles. The van der Waals surface area contributed by atoms with Gasteiger partial charge in [0.15, 0.2) is 5.78 Å². The molecule has 1 fully saturated rings. The summed E-state index contributed by atoms with van der Waals surface area (Å²) in [4.78, 5) is 22.2. The Hall–Kier alpha value is -2.23. The van der Waals surface area contributed by atoms with Crippen molar-refractivity contribution < 1.29 is 17.9 Å². The van der Waals surface area contributed by atoms with Crippen LogP contribution in [0.15, 0.2) is 40.1 Å². The van der Waals surface area contributed by atoms with Crippen LogP contribution in [0.2, 0.25) is 0 Å². The monoisotopic (exact) mass is 450 g/mol. The number of aliphatic imine (C=N–C) groups is 1. The van der Waals surface area contributed by atoms with Crippen LogP contribution < -0.4 is 4.74 Å². The first-order valence-electron chi connectivity index (χ1n) is 9.76. The van der Waals surface area contributed by atoms with E-state index >= 15 is 0 Å². The summed E-state index contributed by atoms with van der Waals surface area (Å²) in [6.45, 7) is 2.27. The lowest BCUT2D eigenvalue weighted by atomic mass is 10.0. The Morgan fingerprint density at radius 1 is 1.30 bits per heavy atom. The molecule has 0 N–H and O–H groups in total. The number of carbonyl (C=O) groups excluding carboxylic acids is 1. The summed E-state index contributed by atoms with van der Waals surface area (Å²) in [5, 5.41) is 0.234. The third-order valence-electron chi connectivity index (χ3n) is 5.44. The van der Waals surface area contributed by atoms with E-state index < -0.39 is 10.0 Å². The van der Waals surface area contributed by atoms with Gasteiger partial charge in [0.1, 0.15) is 17.7 Å². The van der Waals surface area contributed by atoms with E-state index in [9.17, 15) is 13.2 Å². The first-order valence-corrected chi connectivity index (χ1v) is 12.0. The third kappa shape index (κ3) is 4.58. The highest BCUT2D eigenvalue weighted by Crippen LogP contribution is 2.27. The number of Topliss-reactive ketones (excluding diaryl/α,β-unsaturated/α-hetero) is 1. The van der Waals surface area contributed by atoms with Crippen molar-refractivity contribution >= 4 is 39.2 Å². The van der Waals surface area contributed by atoms with Crippen molar-refractivity contribution in [1.82, 2.24) is 14.2 Å². The van der Waals surface area contributed by atoms with Crippen molar-refractivity contribution in [3.8, 4) is 5.88 Å². The van der Waals surface area contributed by atoms with Gasteiger partial charge in [-0.3, -0.25) is 9.79 Å². The standard InChI is InChI=1S/C20H23ClN4O4S/c1-30(27,28)25-8-3-14(4-9-25)15-2-6-23-19(10-15)29-16-5-7-24(13-16)17-11-22-12-18(26)20(17)21/h2-3,6,10-11,16H,4-5,7-9,12-13H2,1H3/t16-/m1/s1. The van der Waals surface area contributed by atoms with Crippen molar-refractivity contribution in [1.29, 1.82) is 0 Å². The van der Waals surface area contributed by atoms with Crippen LogP contribution in [0, 0.1) is 0 Å². The number of sulfonamides is 1. The topological polar surface area (TPSA) is 92.2 Å². The van der Waals surface area contributed by atoms with Gasteiger partial charge in [0.05, 0.1) is 18.5 Å². The summed E-state index contributed by atoms with van der Waals surface area (Å²) < 4.78 is 30.9. The van der Waals surface area contributed by atoms with Gasteiger partial charge in [0.25, 0.3) is 0 Å². The van der Waals surface area contributed by atoms with E-state index in [2.05, 4.69) is 9.98 Å². The van der Waals surface area contributed by atoms with Gasteiger partial charge in [-0.1, -0.05) is 17.7 Å².